The van der Waals surface area contributed by atoms with Crippen molar-refractivity contribution in [3.8, 4) is 5.69 Å². The third-order valence-corrected chi connectivity index (χ3v) is 2.98. The molecule has 0 radical (unpaired) electrons. The number of hydrogen-bond donors (Lipinski definition) is 1. The van der Waals surface area contributed by atoms with Crippen molar-refractivity contribution in [1.29, 1.82) is 0 Å². The standard InChI is InChI=1S/C12H9ClF2N2O2/c1-2-7-10(13)16-12(19)17(11(7)18)6-3-4-8(14)9(15)5-6/h3-5H,2H2,1H3,(H,16,19). The molecule has 2 aromatic rings. The fraction of sp³-hybridized carbons (Fsp3) is 0.167. The Bertz CT molecular complexity index is 752. The first-order valence-corrected chi connectivity index (χ1v) is 5.82. The monoisotopic (exact) mass is 286 g/mol. The molecule has 0 unspecified atom stereocenters. The topological polar surface area (TPSA) is 54.9 Å². The Kier molecular flexibility index (Phi) is 3.53. The van der Waals surface area contributed by atoms with Crippen LogP contribution in [0.2, 0.25) is 5.15 Å². The average Bonchev–Trinajstić information content (AvgIpc) is 2.33. The minimum atomic E-state index is -1.14. The van der Waals surface area contributed by atoms with Crippen LogP contribution in [0.5, 0.6) is 0 Å². The summed E-state index contributed by atoms with van der Waals surface area (Å²) in [6.07, 6.45) is 0.304. The minimum absolute atomic E-state index is 0.0451. The third kappa shape index (κ3) is 2.31. The molecule has 19 heavy (non-hydrogen) atoms. The average molecular weight is 287 g/mol. The molecule has 0 saturated heterocycles. The normalized spacial score (nSPS) is 10.7. The van der Waals surface area contributed by atoms with Crippen LogP contribution in [0.4, 0.5) is 8.78 Å². The lowest BCUT2D eigenvalue weighted by molar-refractivity contribution is 0.507. The van der Waals surface area contributed by atoms with Gasteiger partial charge in [-0.3, -0.25) is 9.78 Å². The third-order valence-electron chi connectivity index (χ3n) is 2.66. The Balaban J connectivity index is 2.79. The van der Waals surface area contributed by atoms with Gasteiger partial charge in [0, 0.05) is 6.07 Å². The van der Waals surface area contributed by atoms with Crippen LogP contribution in [0, 0.1) is 11.6 Å². The number of nitrogens with one attached hydrogen (secondary N) is 1. The highest BCUT2D eigenvalue weighted by Crippen LogP contribution is 2.12. The molecule has 4 nitrogen and oxygen atoms in total. The fourth-order valence-corrected chi connectivity index (χ4v) is 2.01. The summed E-state index contributed by atoms with van der Waals surface area (Å²) >= 11 is 5.75. The lowest BCUT2D eigenvalue weighted by Gasteiger charge is -2.08. The quantitative estimate of drug-likeness (QED) is 0.859. The van der Waals surface area contributed by atoms with Crippen LogP contribution in [-0.2, 0) is 6.42 Å². The van der Waals surface area contributed by atoms with Gasteiger partial charge in [0.2, 0.25) is 0 Å². The summed E-state index contributed by atoms with van der Waals surface area (Å²) in [5.41, 5.74) is -1.32. The van der Waals surface area contributed by atoms with Gasteiger partial charge in [-0.05, 0) is 18.6 Å². The molecule has 100 valence electrons. The van der Waals surface area contributed by atoms with Crippen molar-refractivity contribution in [2.45, 2.75) is 13.3 Å². The van der Waals surface area contributed by atoms with Gasteiger partial charge in [-0.25, -0.2) is 18.1 Å². The van der Waals surface area contributed by atoms with E-state index >= 15 is 0 Å². The Morgan fingerprint density at radius 1 is 1.26 bits per heavy atom. The number of rotatable bonds is 2. The summed E-state index contributed by atoms with van der Waals surface area (Å²) in [5.74, 6) is -2.20. The van der Waals surface area contributed by atoms with Crippen LogP contribution < -0.4 is 11.2 Å². The number of aromatic nitrogens is 2. The summed E-state index contributed by atoms with van der Waals surface area (Å²) in [6.45, 7) is 1.69. The predicted molar refractivity (Wildman–Crippen MR) is 67.0 cm³/mol. The van der Waals surface area contributed by atoms with Gasteiger partial charge in [-0.2, -0.15) is 0 Å². The molecule has 0 fully saturated rings. The number of hydrogen-bond acceptors (Lipinski definition) is 2. The molecule has 0 aliphatic carbocycles. The van der Waals surface area contributed by atoms with Gasteiger partial charge in [-0.15, -0.1) is 0 Å². The molecule has 1 heterocycles. The van der Waals surface area contributed by atoms with Crippen molar-refractivity contribution in [2.75, 3.05) is 0 Å². The lowest BCUT2D eigenvalue weighted by Crippen LogP contribution is -2.36. The van der Waals surface area contributed by atoms with E-state index in [4.69, 9.17) is 11.6 Å². The molecule has 1 N–H and O–H groups in total. The number of H-pyrrole nitrogens is 1. The molecule has 0 bridgehead atoms. The molecule has 2 rings (SSSR count). The highest BCUT2D eigenvalue weighted by molar-refractivity contribution is 6.30. The Hall–Kier alpha value is -1.95. The second kappa shape index (κ2) is 4.97. The zero-order valence-electron chi connectivity index (χ0n) is 9.84. The van der Waals surface area contributed by atoms with Crippen molar-refractivity contribution < 1.29 is 8.78 Å². The SMILES string of the molecule is CCc1c(Cl)[nH]c(=O)n(-c2ccc(F)c(F)c2)c1=O. The molecule has 0 saturated carbocycles. The first-order valence-electron chi connectivity index (χ1n) is 5.44. The summed E-state index contributed by atoms with van der Waals surface area (Å²) < 4.78 is 26.7. The molecular weight excluding hydrogens is 278 g/mol. The van der Waals surface area contributed by atoms with Gasteiger partial charge in [-0.1, -0.05) is 18.5 Å². The van der Waals surface area contributed by atoms with E-state index in [1.807, 2.05) is 0 Å². The highest BCUT2D eigenvalue weighted by Gasteiger charge is 2.14. The minimum Gasteiger partial charge on any atom is -0.297 e. The summed E-state index contributed by atoms with van der Waals surface area (Å²) in [5, 5.41) is -0.0451. The van der Waals surface area contributed by atoms with Gasteiger partial charge >= 0.3 is 5.69 Å². The number of halogens is 3. The smallest absolute Gasteiger partial charge is 0.297 e. The molecule has 1 aromatic carbocycles. The van der Waals surface area contributed by atoms with Crippen molar-refractivity contribution in [1.82, 2.24) is 9.55 Å². The van der Waals surface area contributed by atoms with E-state index in [1.54, 1.807) is 6.92 Å². The van der Waals surface area contributed by atoms with Crippen molar-refractivity contribution >= 4 is 11.6 Å². The first kappa shape index (κ1) is 13.5. The van der Waals surface area contributed by atoms with Gasteiger partial charge in [0.15, 0.2) is 11.6 Å². The molecule has 0 spiro atoms. The Morgan fingerprint density at radius 2 is 1.95 bits per heavy atom. The maximum absolute atomic E-state index is 13.2. The van der Waals surface area contributed by atoms with Gasteiger partial charge in [0.1, 0.15) is 5.15 Å². The lowest BCUT2D eigenvalue weighted by atomic mass is 10.2. The second-order valence-corrected chi connectivity index (χ2v) is 4.19. The first-order chi connectivity index (χ1) is 8.95. The molecule has 7 heteroatoms. The van der Waals surface area contributed by atoms with Crippen LogP contribution in [0.25, 0.3) is 5.69 Å². The molecule has 0 atom stereocenters. The molecule has 1 aromatic heterocycles. The van der Waals surface area contributed by atoms with E-state index in [0.29, 0.717) is 11.0 Å². The maximum atomic E-state index is 13.2. The zero-order chi connectivity index (χ0) is 14.2. The number of benzene rings is 1. The van der Waals surface area contributed by atoms with E-state index in [-0.39, 0.29) is 16.4 Å². The van der Waals surface area contributed by atoms with Crippen molar-refractivity contribution in [2.24, 2.45) is 0 Å². The van der Waals surface area contributed by atoms with Crippen LogP contribution in [0.1, 0.15) is 12.5 Å². The summed E-state index contributed by atoms with van der Waals surface area (Å²) in [6, 6.07) is 2.76. The number of nitrogens with zero attached hydrogens (tertiary/aromatic N) is 1. The second-order valence-electron chi connectivity index (χ2n) is 3.82. The maximum Gasteiger partial charge on any atom is 0.334 e. The van der Waals surface area contributed by atoms with Crippen LogP contribution in [-0.4, -0.2) is 9.55 Å². The Morgan fingerprint density at radius 3 is 2.53 bits per heavy atom. The van der Waals surface area contributed by atoms with Crippen molar-refractivity contribution in [3.05, 3.63) is 61.4 Å². The van der Waals surface area contributed by atoms with E-state index in [2.05, 4.69) is 4.98 Å². The molecule has 0 aliphatic heterocycles. The highest BCUT2D eigenvalue weighted by atomic mass is 35.5. The predicted octanol–water partition coefficient (Wildman–Crippen LogP) is 2.02. The summed E-state index contributed by atoms with van der Waals surface area (Å²) in [7, 11) is 0. The van der Waals surface area contributed by atoms with E-state index in [0.717, 1.165) is 18.2 Å². The van der Waals surface area contributed by atoms with Gasteiger partial charge in [0.05, 0.1) is 11.3 Å². The molecule has 0 amide bonds. The van der Waals surface area contributed by atoms with E-state index in [1.165, 1.54) is 0 Å². The zero-order valence-corrected chi connectivity index (χ0v) is 10.6. The van der Waals surface area contributed by atoms with Gasteiger partial charge in [0.25, 0.3) is 5.56 Å². The molecule has 0 aliphatic rings. The Labute approximate surface area is 111 Å². The van der Waals surface area contributed by atoms with E-state index in [9.17, 15) is 18.4 Å². The van der Waals surface area contributed by atoms with Gasteiger partial charge < -0.3 is 0 Å². The molecular formula is C12H9ClF2N2O2. The largest absolute Gasteiger partial charge is 0.334 e. The van der Waals surface area contributed by atoms with E-state index < -0.39 is 22.9 Å². The fourth-order valence-electron chi connectivity index (χ4n) is 1.71. The van der Waals surface area contributed by atoms with Crippen molar-refractivity contribution in [3.63, 3.8) is 0 Å². The number of aromatic amines is 1. The van der Waals surface area contributed by atoms with Crippen LogP contribution in [0.15, 0.2) is 27.8 Å². The van der Waals surface area contributed by atoms with Crippen LogP contribution >= 0.6 is 11.6 Å². The summed E-state index contributed by atoms with van der Waals surface area (Å²) in [4.78, 5) is 26.1. The van der Waals surface area contributed by atoms with Crippen LogP contribution in [0.3, 0.4) is 0 Å².